The van der Waals surface area contributed by atoms with Crippen molar-refractivity contribution >= 4 is 0 Å². The van der Waals surface area contributed by atoms with Gasteiger partial charge in [0.1, 0.15) is 5.75 Å². The Morgan fingerprint density at radius 3 is 2.38 bits per heavy atom. The molecule has 0 bridgehead atoms. The number of aryl methyl sites for hydroxylation is 2. The first-order chi connectivity index (χ1) is 7.59. The molecule has 0 unspecified atom stereocenters. The molecule has 1 aromatic heterocycles. The first kappa shape index (κ1) is 10.5. The third-order valence-electron chi connectivity index (χ3n) is 2.63. The van der Waals surface area contributed by atoms with E-state index >= 15 is 0 Å². The largest absolute Gasteiger partial charge is 0.508 e. The maximum atomic E-state index is 12.0. The van der Waals surface area contributed by atoms with Gasteiger partial charge in [0.05, 0.1) is 5.56 Å². The van der Waals surface area contributed by atoms with Crippen LogP contribution in [0.5, 0.6) is 5.75 Å². The van der Waals surface area contributed by atoms with Crippen LogP contribution >= 0.6 is 0 Å². The van der Waals surface area contributed by atoms with Crippen LogP contribution in [0, 0.1) is 6.92 Å². The zero-order valence-corrected chi connectivity index (χ0v) is 9.27. The average Bonchev–Trinajstić information content (AvgIpc) is 2.27. The average molecular weight is 215 g/mol. The Morgan fingerprint density at radius 2 is 1.75 bits per heavy atom. The summed E-state index contributed by atoms with van der Waals surface area (Å²) in [6, 6.07) is 8.57. The second-order valence-corrected chi connectivity index (χ2v) is 3.84. The van der Waals surface area contributed by atoms with Crippen LogP contribution in [-0.4, -0.2) is 9.67 Å². The number of nitrogens with zero attached hydrogens (tertiary/aromatic N) is 1. The van der Waals surface area contributed by atoms with Crippen molar-refractivity contribution in [3.63, 3.8) is 0 Å². The number of hydrogen-bond acceptors (Lipinski definition) is 2. The van der Waals surface area contributed by atoms with Gasteiger partial charge in [0.15, 0.2) is 0 Å². The van der Waals surface area contributed by atoms with Crippen LogP contribution in [-0.2, 0) is 7.05 Å². The van der Waals surface area contributed by atoms with Crippen molar-refractivity contribution in [2.75, 3.05) is 0 Å². The second kappa shape index (κ2) is 3.85. The quantitative estimate of drug-likeness (QED) is 0.791. The molecule has 3 heteroatoms. The molecule has 3 nitrogen and oxygen atoms in total. The third-order valence-corrected chi connectivity index (χ3v) is 2.63. The second-order valence-electron chi connectivity index (χ2n) is 3.84. The first-order valence-electron chi connectivity index (χ1n) is 5.05. The monoisotopic (exact) mass is 215 g/mol. The molecule has 1 aromatic carbocycles. The van der Waals surface area contributed by atoms with Gasteiger partial charge in [-0.15, -0.1) is 0 Å². The highest BCUT2D eigenvalue weighted by molar-refractivity contribution is 5.66. The number of rotatable bonds is 1. The van der Waals surface area contributed by atoms with E-state index in [0.717, 1.165) is 11.1 Å². The Hall–Kier alpha value is -2.03. The molecule has 0 saturated heterocycles. The fraction of sp³-hybridized carbons (Fsp3) is 0.154. The third kappa shape index (κ3) is 1.72. The summed E-state index contributed by atoms with van der Waals surface area (Å²) in [6.45, 7) is 1.91. The normalized spacial score (nSPS) is 10.4. The minimum absolute atomic E-state index is 0.0225. The number of aromatic nitrogens is 1. The van der Waals surface area contributed by atoms with Crippen molar-refractivity contribution in [1.82, 2.24) is 4.57 Å². The molecule has 0 aliphatic heterocycles. The van der Waals surface area contributed by atoms with Gasteiger partial charge in [0, 0.05) is 13.2 Å². The number of pyridine rings is 1. The van der Waals surface area contributed by atoms with Crippen molar-refractivity contribution in [3.8, 4) is 16.9 Å². The van der Waals surface area contributed by atoms with Gasteiger partial charge in [-0.3, -0.25) is 4.79 Å². The van der Waals surface area contributed by atoms with Crippen molar-refractivity contribution in [1.29, 1.82) is 0 Å². The molecule has 0 radical (unpaired) electrons. The van der Waals surface area contributed by atoms with E-state index in [2.05, 4.69) is 0 Å². The van der Waals surface area contributed by atoms with Gasteiger partial charge in [-0.1, -0.05) is 12.1 Å². The Bertz CT molecular complexity index is 567. The van der Waals surface area contributed by atoms with E-state index < -0.39 is 0 Å². The minimum Gasteiger partial charge on any atom is -0.508 e. The van der Waals surface area contributed by atoms with E-state index in [1.54, 1.807) is 42.1 Å². The van der Waals surface area contributed by atoms with Gasteiger partial charge >= 0.3 is 0 Å². The predicted octanol–water partition coefficient (Wildman–Crippen LogP) is 2.07. The van der Waals surface area contributed by atoms with E-state index in [1.807, 2.05) is 13.0 Å². The number of benzene rings is 1. The summed E-state index contributed by atoms with van der Waals surface area (Å²) < 4.78 is 1.55. The molecule has 0 atom stereocenters. The molecule has 0 amide bonds. The fourth-order valence-electron chi connectivity index (χ4n) is 1.70. The van der Waals surface area contributed by atoms with Crippen LogP contribution in [0.3, 0.4) is 0 Å². The highest BCUT2D eigenvalue weighted by Crippen LogP contribution is 2.21. The fourth-order valence-corrected chi connectivity index (χ4v) is 1.70. The topological polar surface area (TPSA) is 42.2 Å². The first-order valence-corrected chi connectivity index (χ1v) is 5.05. The van der Waals surface area contributed by atoms with Crippen molar-refractivity contribution in [3.05, 3.63) is 52.4 Å². The van der Waals surface area contributed by atoms with E-state index in [4.69, 9.17) is 0 Å². The lowest BCUT2D eigenvalue weighted by Crippen LogP contribution is -2.18. The summed E-state index contributed by atoms with van der Waals surface area (Å²) in [7, 11) is 1.73. The van der Waals surface area contributed by atoms with Gasteiger partial charge in [-0.2, -0.15) is 0 Å². The summed E-state index contributed by atoms with van der Waals surface area (Å²) >= 11 is 0. The van der Waals surface area contributed by atoms with Crippen LogP contribution in [0.4, 0.5) is 0 Å². The number of phenolic OH excluding ortho intramolecular Hbond substituents is 1. The van der Waals surface area contributed by atoms with Crippen LogP contribution in [0.25, 0.3) is 11.1 Å². The van der Waals surface area contributed by atoms with Gasteiger partial charge in [-0.05, 0) is 36.2 Å². The highest BCUT2D eigenvalue weighted by Gasteiger charge is 2.07. The van der Waals surface area contributed by atoms with Crippen LogP contribution in [0.1, 0.15) is 5.56 Å². The summed E-state index contributed by atoms with van der Waals surface area (Å²) in [5, 5.41) is 9.21. The van der Waals surface area contributed by atoms with Crippen LogP contribution in [0.15, 0.2) is 41.3 Å². The van der Waals surface area contributed by atoms with Crippen molar-refractivity contribution < 1.29 is 5.11 Å². The Balaban J connectivity index is 2.69. The number of phenols is 1. The van der Waals surface area contributed by atoms with Crippen molar-refractivity contribution in [2.45, 2.75) is 6.92 Å². The predicted molar refractivity (Wildman–Crippen MR) is 63.5 cm³/mol. The van der Waals surface area contributed by atoms with Gasteiger partial charge in [-0.25, -0.2) is 0 Å². The van der Waals surface area contributed by atoms with Gasteiger partial charge in [0.2, 0.25) is 0 Å². The molecule has 16 heavy (non-hydrogen) atoms. The summed E-state index contributed by atoms with van der Waals surface area (Å²) in [5.41, 5.74) is 2.43. The van der Waals surface area contributed by atoms with Crippen LogP contribution in [0.2, 0.25) is 0 Å². The molecule has 0 fully saturated rings. The Labute approximate surface area is 93.6 Å². The lowest BCUT2D eigenvalue weighted by atomic mass is 10.0. The molecule has 2 rings (SSSR count). The maximum Gasteiger partial charge on any atom is 0.258 e. The maximum absolute atomic E-state index is 12.0. The van der Waals surface area contributed by atoms with E-state index in [1.165, 1.54) is 0 Å². The standard InChI is InChI=1S/C13H13NO2/c1-9-7-8-14(2)13(16)12(9)10-3-5-11(15)6-4-10/h3-8,15H,1-2H3. The Kier molecular flexibility index (Phi) is 2.52. The molecular formula is C13H13NO2. The van der Waals surface area contributed by atoms with Crippen LogP contribution < -0.4 is 5.56 Å². The zero-order chi connectivity index (χ0) is 11.7. The lowest BCUT2D eigenvalue weighted by Gasteiger charge is -2.07. The molecule has 0 spiro atoms. The van der Waals surface area contributed by atoms with E-state index in [0.29, 0.717) is 5.56 Å². The molecule has 1 N–H and O–H groups in total. The molecule has 2 aromatic rings. The molecule has 1 heterocycles. The summed E-state index contributed by atoms with van der Waals surface area (Å²) in [6.07, 6.45) is 1.75. The van der Waals surface area contributed by atoms with Crippen molar-refractivity contribution in [2.24, 2.45) is 7.05 Å². The lowest BCUT2D eigenvalue weighted by molar-refractivity contribution is 0.475. The molecule has 0 aliphatic rings. The summed E-state index contributed by atoms with van der Waals surface area (Å²) in [4.78, 5) is 12.0. The zero-order valence-electron chi connectivity index (χ0n) is 9.27. The number of aromatic hydroxyl groups is 1. The molecule has 0 aliphatic carbocycles. The Morgan fingerprint density at radius 1 is 1.12 bits per heavy atom. The summed E-state index contributed by atoms with van der Waals surface area (Å²) in [5.74, 6) is 0.203. The minimum atomic E-state index is -0.0225. The van der Waals surface area contributed by atoms with Gasteiger partial charge in [0.25, 0.3) is 5.56 Å². The molecule has 0 saturated carbocycles. The molecular weight excluding hydrogens is 202 g/mol. The van der Waals surface area contributed by atoms with E-state index in [-0.39, 0.29) is 11.3 Å². The highest BCUT2D eigenvalue weighted by atomic mass is 16.3. The van der Waals surface area contributed by atoms with Gasteiger partial charge < -0.3 is 9.67 Å². The molecule has 82 valence electrons. The smallest absolute Gasteiger partial charge is 0.258 e. The SMILES string of the molecule is Cc1ccn(C)c(=O)c1-c1ccc(O)cc1. The number of hydrogen-bond donors (Lipinski definition) is 1. The van der Waals surface area contributed by atoms with E-state index in [9.17, 15) is 9.90 Å².